The Hall–Kier alpha value is -4.56. The van der Waals surface area contributed by atoms with Gasteiger partial charge in [0.15, 0.2) is 0 Å². The normalized spacial score (nSPS) is 17.0. The maximum atomic E-state index is 12.1. The maximum absolute atomic E-state index is 12.1. The molecule has 13 heteroatoms. The van der Waals surface area contributed by atoms with Crippen LogP contribution in [-0.2, 0) is 30.4 Å². The van der Waals surface area contributed by atoms with E-state index in [1.54, 1.807) is 0 Å². The average Bonchev–Trinajstić information content (AvgIpc) is 3.31. The van der Waals surface area contributed by atoms with Gasteiger partial charge in [-0.15, -0.1) is 0 Å². The fourth-order valence-corrected chi connectivity index (χ4v) is 8.09. The van der Waals surface area contributed by atoms with E-state index in [0.29, 0.717) is 28.5 Å². The van der Waals surface area contributed by atoms with Gasteiger partial charge in [-0.25, -0.2) is 21.4 Å². The number of hydrogen-bond acceptors (Lipinski definition) is 9. The van der Waals surface area contributed by atoms with E-state index in [4.69, 9.17) is 4.42 Å². The minimum atomic E-state index is -4.83. The van der Waals surface area contributed by atoms with Crippen molar-refractivity contribution in [2.24, 2.45) is 0 Å². The molecule has 0 radical (unpaired) electrons. The van der Waals surface area contributed by atoms with Crippen LogP contribution in [-0.4, -0.2) is 62.4 Å². The molecule has 0 amide bonds. The molecule has 0 aromatic heterocycles. The van der Waals surface area contributed by atoms with Crippen LogP contribution < -0.4 is 14.8 Å². The average molecular weight is 748 g/mol. The van der Waals surface area contributed by atoms with Crippen LogP contribution in [0.15, 0.2) is 93.9 Å². The van der Waals surface area contributed by atoms with E-state index >= 15 is 0 Å². The Labute approximate surface area is 305 Å². The van der Waals surface area contributed by atoms with Gasteiger partial charge in [0.1, 0.15) is 34.7 Å². The molecule has 52 heavy (non-hydrogen) atoms. The van der Waals surface area contributed by atoms with Gasteiger partial charge >= 0.3 is 5.97 Å². The topological polar surface area (TPSA) is 171 Å². The number of anilines is 1. The number of carbonyl (C=O) groups is 1. The molecule has 1 N–H and O–H groups in total. The van der Waals surface area contributed by atoms with Crippen molar-refractivity contribution in [1.29, 1.82) is 0 Å². The highest BCUT2D eigenvalue weighted by Crippen LogP contribution is 2.51. The second-order valence-electron chi connectivity index (χ2n) is 13.1. The molecule has 276 valence electrons. The number of fused-ring (bicyclic) bond motifs is 2. The number of nitrogens with zero attached hydrogens (tertiary/aromatic N) is 2. The van der Waals surface area contributed by atoms with E-state index in [2.05, 4.69) is 24.5 Å². The second-order valence-corrected chi connectivity index (χ2v) is 16.0. The second kappa shape index (κ2) is 15.6. The summed E-state index contributed by atoms with van der Waals surface area (Å²) in [5.41, 5.74) is 4.29. The van der Waals surface area contributed by atoms with Crippen LogP contribution in [0, 0.1) is 6.92 Å². The molecule has 2 aromatic rings. The predicted molar refractivity (Wildman–Crippen MR) is 199 cm³/mol. The molecule has 11 nitrogen and oxygen atoms in total. The van der Waals surface area contributed by atoms with Gasteiger partial charge in [0, 0.05) is 58.3 Å². The Kier molecular flexibility index (Phi) is 11.6. The molecule has 0 saturated heterocycles. The predicted octanol–water partition coefficient (Wildman–Crippen LogP) is 5.94. The van der Waals surface area contributed by atoms with Crippen LogP contribution in [0.4, 0.5) is 5.69 Å². The summed E-state index contributed by atoms with van der Waals surface area (Å²) in [6.45, 7) is 9.78. The van der Waals surface area contributed by atoms with Crippen molar-refractivity contribution in [3.8, 4) is 22.6 Å². The molecular formula is C39H43N2O9S2-. The summed E-state index contributed by atoms with van der Waals surface area (Å²) < 4.78 is 79.7. The van der Waals surface area contributed by atoms with E-state index in [1.165, 1.54) is 18.2 Å². The summed E-state index contributed by atoms with van der Waals surface area (Å²) in [4.78, 5) is 12.9. The Balaban J connectivity index is 1.71. The molecule has 2 heterocycles. The number of hydrogen-bond donors (Lipinski definition) is 1. The minimum absolute atomic E-state index is 0.0155. The zero-order valence-corrected chi connectivity index (χ0v) is 31.3. The highest BCUT2D eigenvalue weighted by molar-refractivity contribution is 7.86. The minimum Gasteiger partial charge on any atom is -0.748 e. The Morgan fingerprint density at radius 3 is 2.33 bits per heavy atom. The molecule has 1 unspecified atom stereocenters. The zero-order valence-electron chi connectivity index (χ0n) is 29.7. The van der Waals surface area contributed by atoms with Crippen molar-refractivity contribution in [1.82, 2.24) is 4.58 Å². The summed E-state index contributed by atoms with van der Waals surface area (Å²) in [7, 11) is -9.34. The van der Waals surface area contributed by atoms with Gasteiger partial charge in [-0.3, -0.25) is 4.79 Å². The molecule has 5 rings (SSSR count). The van der Waals surface area contributed by atoms with Crippen LogP contribution >= 0.6 is 0 Å². The van der Waals surface area contributed by atoms with E-state index in [9.17, 15) is 35.8 Å². The van der Waals surface area contributed by atoms with Crippen LogP contribution in [0.2, 0.25) is 0 Å². The van der Waals surface area contributed by atoms with E-state index in [1.807, 2.05) is 79.4 Å². The lowest BCUT2D eigenvalue weighted by Gasteiger charge is -2.30. The Bertz CT molecular complexity index is 2290. The molecule has 0 saturated carbocycles. The number of carboxylic acid groups (broad SMARTS) is 1. The fourth-order valence-electron chi connectivity index (χ4n) is 7.11. The van der Waals surface area contributed by atoms with E-state index in [-0.39, 0.29) is 32.2 Å². The van der Waals surface area contributed by atoms with Gasteiger partial charge in [0.05, 0.1) is 21.1 Å². The third kappa shape index (κ3) is 8.39. The third-order valence-electron chi connectivity index (χ3n) is 9.74. The van der Waals surface area contributed by atoms with E-state index < -0.39 is 42.3 Å². The Morgan fingerprint density at radius 2 is 1.69 bits per heavy atom. The molecule has 1 aliphatic carbocycles. The van der Waals surface area contributed by atoms with Crippen molar-refractivity contribution >= 4 is 38.0 Å². The van der Waals surface area contributed by atoms with Crippen LogP contribution in [0.5, 0.6) is 0 Å². The number of allylic oxidation sites excluding steroid dienone is 3. The van der Waals surface area contributed by atoms with Crippen LogP contribution in [0.3, 0.4) is 0 Å². The first-order valence-electron chi connectivity index (χ1n) is 17.2. The van der Waals surface area contributed by atoms with Gasteiger partial charge in [0.2, 0.25) is 5.36 Å². The van der Waals surface area contributed by atoms with Gasteiger partial charge in [-0.2, -0.15) is 0 Å². The molecule has 0 spiro atoms. The summed E-state index contributed by atoms with van der Waals surface area (Å²) in [5.74, 6) is -0.201. The quantitative estimate of drug-likeness (QED) is 0.120. The summed E-state index contributed by atoms with van der Waals surface area (Å²) in [6, 6.07) is 19.9. The summed E-state index contributed by atoms with van der Waals surface area (Å²) in [5, 5.41) is 10.5. The monoisotopic (exact) mass is 747 g/mol. The van der Waals surface area contributed by atoms with Crippen molar-refractivity contribution in [2.45, 2.75) is 63.7 Å². The smallest absolute Gasteiger partial charge is 0.303 e. The van der Waals surface area contributed by atoms with Gasteiger partial charge in [-0.05, 0) is 88.4 Å². The highest BCUT2D eigenvalue weighted by atomic mass is 32.2. The van der Waals surface area contributed by atoms with Gasteiger partial charge in [-0.1, -0.05) is 42.5 Å². The van der Waals surface area contributed by atoms with Crippen molar-refractivity contribution in [3.05, 3.63) is 107 Å². The maximum Gasteiger partial charge on any atom is 0.303 e. The first-order chi connectivity index (χ1) is 24.6. The third-order valence-corrected chi connectivity index (χ3v) is 11.4. The first kappa shape index (κ1) is 38.7. The highest BCUT2D eigenvalue weighted by Gasteiger charge is 2.43. The molecular weight excluding hydrogens is 705 g/mol. The van der Waals surface area contributed by atoms with Crippen molar-refractivity contribution < 1.29 is 40.3 Å². The van der Waals surface area contributed by atoms with Crippen LogP contribution in [0.1, 0.15) is 63.1 Å². The number of aliphatic carboxylic acids is 1. The largest absolute Gasteiger partial charge is 0.748 e. The molecule has 3 aliphatic rings. The first-order valence-corrected chi connectivity index (χ1v) is 20.2. The number of carboxylic acids is 1. The van der Waals surface area contributed by atoms with Crippen molar-refractivity contribution in [3.63, 3.8) is 0 Å². The lowest BCUT2D eigenvalue weighted by atomic mass is 9.77. The SMILES string of the molecule is CC[N+](CC)=c1ccc2c(/C=C/C=C3\N(CCCS(=O)(=O)[O-])c4ccc(S(=O)(=O)[O-])cc4C3(C)CCCC(=O)O)c(C)c(-c3ccccc3)oc-2c1. The number of rotatable bonds is 14. The van der Waals surface area contributed by atoms with Crippen LogP contribution in [0.25, 0.3) is 28.7 Å². The fraction of sp³-hybridized carbons (Fsp3) is 0.333. The Morgan fingerprint density at radius 1 is 0.981 bits per heavy atom. The standard InChI is InChI=1S/C39H44N2O9S2/c1-5-40(6-2)29-18-20-32-31(27(3)38(50-35(32)25-29)28-13-8-7-9-14-28)15-10-16-36-39(4,22-11-17-37(42)43)33-26-30(52(47,48)49)19-21-34(33)41(36)23-12-24-51(44,45)46/h7-10,13-16,18-21,25-26H,5-6,11-12,17,22-24H2,1-4H3,(H2-,42,43,44,45,46,47,48,49)/p-1. The van der Waals surface area contributed by atoms with Crippen molar-refractivity contribution in [2.75, 3.05) is 30.3 Å². The lowest BCUT2D eigenvalue weighted by Crippen LogP contribution is -2.30. The summed E-state index contributed by atoms with van der Waals surface area (Å²) >= 11 is 0. The molecule has 0 fully saturated rings. The van der Waals surface area contributed by atoms with Gasteiger partial charge < -0.3 is 23.5 Å². The van der Waals surface area contributed by atoms with Gasteiger partial charge in [0.25, 0.3) is 0 Å². The lowest BCUT2D eigenvalue weighted by molar-refractivity contribution is -0.137. The molecule has 2 aromatic carbocycles. The zero-order chi connectivity index (χ0) is 37.8. The molecule has 2 aliphatic heterocycles. The molecule has 0 bridgehead atoms. The molecule has 1 atom stereocenters. The summed E-state index contributed by atoms with van der Waals surface area (Å²) in [6.07, 6.45) is 6.02. The number of benzene rings is 3. The van der Waals surface area contributed by atoms with E-state index in [0.717, 1.165) is 40.7 Å².